The number of ketones is 1. The third-order valence-electron chi connectivity index (χ3n) is 2.85. The molecule has 1 aromatic carbocycles. The second-order valence-corrected chi connectivity index (χ2v) is 8.54. The normalized spacial score (nSPS) is 14.3. The maximum absolute atomic E-state index is 12.0. The maximum Gasteiger partial charge on any atom is 0.340 e. The van der Waals surface area contributed by atoms with E-state index in [2.05, 4.69) is 0 Å². The van der Waals surface area contributed by atoms with Gasteiger partial charge in [0.2, 0.25) is 0 Å². The van der Waals surface area contributed by atoms with Crippen molar-refractivity contribution in [2.75, 3.05) is 0 Å². The van der Waals surface area contributed by atoms with E-state index in [1.165, 1.54) is 19.1 Å². The van der Waals surface area contributed by atoms with Crippen LogP contribution in [0.15, 0.2) is 30.3 Å². The fraction of sp³-hybridized carbons (Fsp3) is 0.364. The minimum Gasteiger partial charge on any atom is -0.324 e. The molecule has 0 aliphatic rings. The van der Waals surface area contributed by atoms with Crippen molar-refractivity contribution in [1.29, 1.82) is 0 Å². The molecule has 0 aromatic heterocycles. The molecule has 0 saturated carbocycles. The topological polar surface area (TPSA) is 132 Å². The van der Waals surface area contributed by atoms with Crippen molar-refractivity contribution in [2.24, 2.45) is 5.92 Å². The molecule has 9 heteroatoms. The second kappa shape index (κ2) is 6.31. The van der Waals surface area contributed by atoms with E-state index in [0.29, 0.717) is 5.56 Å². The average Bonchev–Trinajstić information content (AvgIpc) is 2.33. The van der Waals surface area contributed by atoms with Gasteiger partial charge in [-0.3, -0.25) is 13.9 Å². The highest BCUT2D eigenvalue weighted by atomic mass is 31.2. The first-order valence-corrected chi connectivity index (χ1v) is 9.09. The van der Waals surface area contributed by atoms with Crippen molar-refractivity contribution in [3.63, 3.8) is 0 Å². The fourth-order valence-electron chi connectivity index (χ4n) is 1.78. The first kappa shape index (κ1) is 17.2. The van der Waals surface area contributed by atoms with Crippen LogP contribution in [0.4, 0.5) is 0 Å². The molecule has 112 valence electrons. The Kier molecular flexibility index (Phi) is 5.44. The van der Waals surface area contributed by atoms with E-state index in [1.54, 1.807) is 18.2 Å². The molecule has 1 atom stereocenters. The zero-order valence-corrected chi connectivity index (χ0v) is 12.4. The number of hydrogen-bond acceptors (Lipinski definition) is 3. The predicted molar refractivity (Wildman–Crippen MR) is 72.4 cm³/mol. The van der Waals surface area contributed by atoms with Crippen molar-refractivity contribution in [3.05, 3.63) is 35.9 Å². The molecule has 0 saturated heterocycles. The van der Waals surface area contributed by atoms with Gasteiger partial charge in [-0.1, -0.05) is 37.3 Å². The van der Waals surface area contributed by atoms with Gasteiger partial charge < -0.3 is 19.6 Å². The van der Waals surface area contributed by atoms with Gasteiger partial charge in [0.1, 0.15) is 0 Å². The number of hydrogen-bond donors (Lipinski definition) is 4. The van der Waals surface area contributed by atoms with Crippen LogP contribution < -0.4 is 0 Å². The van der Waals surface area contributed by atoms with E-state index in [-0.39, 0.29) is 0 Å². The summed E-state index contributed by atoms with van der Waals surface area (Å²) in [5.74, 6) is -1.33. The first-order chi connectivity index (χ1) is 9.03. The van der Waals surface area contributed by atoms with Crippen LogP contribution >= 0.6 is 15.2 Å². The minimum absolute atomic E-state index is 0.329. The van der Waals surface area contributed by atoms with Crippen LogP contribution in [0.1, 0.15) is 23.7 Å². The summed E-state index contributed by atoms with van der Waals surface area (Å²) in [6.45, 7) is 1.38. The van der Waals surface area contributed by atoms with E-state index >= 15 is 0 Å². The maximum atomic E-state index is 12.0. The molecule has 0 amide bonds. The van der Waals surface area contributed by atoms with Crippen LogP contribution in [-0.4, -0.2) is 30.8 Å². The molecule has 0 spiro atoms. The van der Waals surface area contributed by atoms with Gasteiger partial charge in [-0.15, -0.1) is 0 Å². The number of carbonyl (C=O) groups is 1. The molecular weight excluding hydrogens is 306 g/mol. The molecule has 0 fully saturated rings. The van der Waals surface area contributed by atoms with E-state index in [4.69, 9.17) is 19.6 Å². The summed E-state index contributed by atoms with van der Waals surface area (Å²) in [5, 5.41) is -2.15. The van der Waals surface area contributed by atoms with Crippen molar-refractivity contribution in [1.82, 2.24) is 0 Å². The highest BCUT2D eigenvalue weighted by Crippen LogP contribution is 2.62. The Labute approximate surface area is 116 Å². The summed E-state index contributed by atoms with van der Waals surface area (Å²) in [6, 6.07) is 8.02. The van der Waals surface area contributed by atoms with Crippen LogP contribution in [-0.2, 0) is 9.13 Å². The van der Waals surface area contributed by atoms with Gasteiger partial charge in [-0.05, 0) is 6.42 Å². The summed E-state index contributed by atoms with van der Waals surface area (Å²) in [5.41, 5.74) is 0.329. The molecule has 7 nitrogen and oxygen atoms in total. The van der Waals surface area contributed by atoms with Crippen molar-refractivity contribution in [3.8, 4) is 0 Å². The lowest BCUT2D eigenvalue weighted by molar-refractivity contribution is 0.0925. The third kappa shape index (κ3) is 4.63. The van der Waals surface area contributed by atoms with Gasteiger partial charge in [0.15, 0.2) is 11.2 Å². The molecule has 0 aliphatic carbocycles. The summed E-state index contributed by atoms with van der Waals surface area (Å²) in [7, 11) is -10.00. The molecule has 1 rings (SSSR count). The summed E-state index contributed by atoms with van der Waals surface area (Å²) < 4.78 is 22.3. The first-order valence-electron chi connectivity index (χ1n) is 5.73. The molecule has 1 unspecified atom stereocenters. The average molecular weight is 322 g/mol. The Morgan fingerprint density at radius 1 is 1.05 bits per heavy atom. The lowest BCUT2D eigenvalue weighted by Gasteiger charge is -2.22. The quantitative estimate of drug-likeness (QED) is 0.461. The van der Waals surface area contributed by atoms with Crippen molar-refractivity contribution >= 4 is 21.0 Å². The SMILES string of the molecule is CC(CC(P(=O)(O)O)P(=O)(O)O)C(=O)c1ccccc1. The van der Waals surface area contributed by atoms with E-state index in [0.717, 1.165) is 0 Å². The summed E-state index contributed by atoms with van der Waals surface area (Å²) in [4.78, 5) is 48.1. The molecule has 0 bridgehead atoms. The van der Waals surface area contributed by atoms with Crippen LogP contribution in [0.5, 0.6) is 0 Å². The molecule has 0 radical (unpaired) electrons. The van der Waals surface area contributed by atoms with E-state index in [1.807, 2.05) is 0 Å². The predicted octanol–water partition coefficient (Wildman–Crippen LogP) is 1.58. The Balaban J connectivity index is 2.93. The fourth-order valence-corrected chi connectivity index (χ4v) is 4.53. The van der Waals surface area contributed by atoms with Gasteiger partial charge in [-0.25, -0.2) is 0 Å². The second-order valence-electron chi connectivity index (χ2n) is 4.53. The van der Waals surface area contributed by atoms with E-state index < -0.39 is 38.7 Å². The van der Waals surface area contributed by atoms with Crippen molar-refractivity contribution in [2.45, 2.75) is 18.7 Å². The van der Waals surface area contributed by atoms with Crippen LogP contribution in [0, 0.1) is 5.92 Å². The lowest BCUT2D eigenvalue weighted by atomic mass is 9.97. The highest BCUT2D eigenvalue weighted by molar-refractivity contribution is 7.70. The third-order valence-corrected chi connectivity index (χ3v) is 6.63. The lowest BCUT2D eigenvalue weighted by Crippen LogP contribution is -2.19. The van der Waals surface area contributed by atoms with Crippen LogP contribution in [0.25, 0.3) is 0 Å². The molecule has 20 heavy (non-hydrogen) atoms. The molecule has 1 aromatic rings. The molecule has 0 aliphatic heterocycles. The number of Topliss-reactive ketones (excluding diaryl/α,β-unsaturated/α-hetero) is 1. The standard InChI is InChI=1S/C11H16O7P2/c1-8(11(12)9-5-3-2-4-6-9)7-10(19(13,14)15)20(16,17)18/h2-6,8,10H,7H2,1H3,(H2,13,14,15)(H2,16,17,18). The number of rotatable bonds is 6. The Morgan fingerprint density at radius 2 is 1.50 bits per heavy atom. The Morgan fingerprint density at radius 3 is 1.90 bits per heavy atom. The number of benzene rings is 1. The molecule has 4 N–H and O–H groups in total. The van der Waals surface area contributed by atoms with E-state index in [9.17, 15) is 13.9 Å². The minimum atomic E-state index is -5.00. The van der Waals surface area contributed by atoms with Gasteiger partial charge in [0, 0.05) is 11.5 Å². The van der Waals surface area contributed by atoms with Gasteiger partial charge in [0.05, 0.1) is 0 Å². The summed E-state index contributed by atoms with van der Waals surface area (Å²) in [6.07, 6.45) is -0.581. The van der Waals surface area contributed by atoms with Crippen molar-refractivity contribution < 1.29 is 33.5 Å². The smallest absolute Gasteiger partial charge is 0.324 e. The van der Waals surface area contributed by atoms with Gasteiger partial charge >= 0.3 is 15.2 Å². The van der Waals surface area contributed by atoms with Crippen LogP contribution in [0.3, 0.4) is 0 Å². The largest absolute Gasteiger partial charge is 0.340 e. The number of carbonyl (C=O) groups excluding carboxylic acids is 1. The zero-order valence-electron chi connectivity index (χ0n) is 10.7. The van der Waals surface area contributed by atoms with Gasteiger partial charge in [-0.2, -0.15) is 0 Å². The van der Waals surface area contributed by atoms with Crippen LogP contribution in [0.2, 0.25) is 0 Å². The Hall–Kier alpha value is -0.810. The van der Waals surface area contributed by atoms with Gasteiger partial charge in [0.25, 0.3) is 0 Å². The summed E-state index contributed by atoms with van der Waals surface area (Å²) >= 11 is 0. The molecule has 0 heterocycles. The molecular formula is C11H16O7P2. The Bertz CT molecular complexity index is 537. The highest BCUT2D eigenvalue weighted by Gasteiger charge is 2.44. The zero-order chi connectivity index (χ0) is 15.6. The monoisotopic (exact) mass is 322 g/mol.